The minimum absolute atomic E-state index is 0.527. The van der Waals surface area contributed by atoms with Crippen molar-refractivity contribution >= 4 is 16.5 Å². The lowest BCUT2D eigenvalue weighted by Crippen LogP contribution is -2.21. The van der Waals surface area contributed by atoms with Crippen LogP contribution in [-0.4, -0.2) is 24.6 Å². The monoisotopic (exact) mass is 255 g/mol. The van der Waals surface area contributed by atoms with Crippen LogP contribution in [0.3, 0.4) is 0 Å². The van der Waals surface area contributed by atoms with Gasteiger partial charge in [0, 0.05) is 37.3 Å². The first-order chi connectivity index (χ1) is 7.99. The zero-order valence-electron chi connectivity index (χ0n) is 11.7. The minimum atomic E-state index is 0.527. The molecule has 0 aliphatic rings. The maximum Gasteiger partial charge on any atom is 0.185 e. The lowest BCUT2D eigenvalue weighted by atomic mass is 10.1. The lowest BCUT2D eigenvalue weighted by molar-refractivity contribution is 0.585. The third-order valence-corrected chi connectivity index (χ3v) is 3.71. The molecule has 0 aliphatic heterocycles. The quantitative estimate of drug-likeness (QED) is 0.811. The van der Waals surface area contributed by atoms with Gasteiger partial charge >= 0.3 is 0 Å². The van der Waals surface area contributed by atoms with Crippen LogP contribution in [0.2, 0.25) is 0 Å². The molecule has 1 heterocycles. The van der Waals surface area contributed by atoms with Crippen molar-refractivity contribution in [1.29, 1.82) is 0 Å². The van der Waals surface area contributed by atoms with E-state index in [-0.39, 0.29) is 0 Å². The van der Waals surface area contributed by atoms with Crippen molar-refractivity contribution in [2.24, 2.45) is 5.92 Å². The van der Waals surface area contributed by atoms with Gasteiger partial charge < -0.3 is 10.2 Å². The fraction of sp³-hybridized carbons (Fsp3) is 0.769. The molecular weight excluding hydrogens is 230 g/mol. The molecule has 0 unspecified atom stereocenters. The highest BCUT2D eigenvalue weighted by atomic mass is 32.1. The van der Waals surface area contributed by atoms with Gasteiger partial charge in [0.25, 0.3) is 0 Å². The third-order valence-electron chi connectivity index (χ3n) is 2.59. The Kier molecular flexibility index (Phi) is 5.92. The summed E-state index contributed by atoms with van der Waals surface area (Å²) in [6.45, 7) is 10.9. The molecule has 0 saturated carbocycles. The van der Waals surface area contributed by atoms with Gasteiger partial charge in [0.05, 0.1) is 0 Å². The molecule has 1 aromatic heterocycles. The summed E-state index contributed by atoms with van der Waals surface area (Å²) in [5, 5.41) is 4.55. The van der Waals surface area contributed by atoms with Gasteiger partial charge in [-0.15, -0.1) is 11.3 Å². The molecule has 0 amide bonds. The summed E-state index contributed by atoms with van der Waals surface area (Å²) in [6.07, 6.45) is 3.21. The molecule has 1 rings (SSSR count). The van der Waals surface area contributed by atoms with E-state index in [0.717, 1.165) is 24.1 Å². The van der Waals surface area contributed by atoms with E-state index < -0.39 is 0 Å². The van der Waals surface area contributed by atoms with E-state index in [1.807, 2.05) is 6.20 Å². The molecule has 0 aliphatic carbocycles. The number of rotatable bonds is 7. The zero-order chi connectivity index (χ0) is 12.8. The SMILES string of the molecule is CC(C)CCN(C)c1ncc(CNC(C)C)s1. The summed E-state index contributed by atoms with van der Waals surface area (Å²) in [4.78, 5) is 8.04. The summed E-state index contributed by atoms with van der Waals surface area (Å²) >= 11 is 1.79. The number of aromatic nitrogens is 1. The van der Waals surface area contributed by atoms with E-state index in [9.17, 15) is 0 Å². The average molecular weight is 255 g/mol. The van der Waals surface area contributed by atoms with Gasteiger partial charge in [-0.25, -0.2) is 4.98 Å². The Hall–Kier alpha value is -0.610. The fourth-order valence-corrected chi connectivity index (χ4v) is 2.26. The summed E-state index contributed by atoms with van der Waals surface area (Å²) in [5.74, 6) is 0.750. The molecule has 0 fully saturated rings. The Balaban J connectivity index is 2.43. The van der Waals surface area contributed by atoms with Crippen molar-refractivity contribution in [3.05, 3.63) is 11.1 Å². The maximum atomic E-state index is 4.48. The molecule has 0 radical (unpaired) electrons. The molecule has 3 nitrogen and oxygen atoms in total. The third kappa shape index (κ3) is 5.50. The largest absolute Gasteiger partial charge is 0.351 e. The van der Waals surface area contributed by atoms with Crippen LogP contribution < -0.4 is 10.2 Å². The van der Waals surface area contributed by atoms with E-state index >= 15 is 0 Å². The Morgan fingerprint density at radius 3 is 2.65 bits per heavy atom. The summed E-state index contributed by atoms with van der Waals surface area (Å²) in [6, 6.07) is 0.527. The van der Waals surface area contributed by atoms with Crippen LogP contribution in [0.15, 0.2) is 6.20 Å². The van der Waals surface area contributed by atoms with Crippen molar-refractivity contribution in [2.45, 2.75) is 46.7 Å². The Morgan fingerprint density at radius 2 is 2.06 bits per heavy atom. The first kappa shape index (κ1) is 14.5. The average Bonchev–Trinajstić information content (AvgIpc) is 2.71. The van der Waals surface area contributed by atoms with Gasteiger partial charge in [0.2, 0.25) is 0 Å². The van der Waals surface area contributed by atoms with Gasteiger partial charge in [0.1, 0.15) is 0 Å². The van der Waals surface area contributed by atoms with Crippen LogP contribution in [0.25, 0.3) is 0 Å². The van der Waals surface area contributed by atoms with Crippen LogP contribution >= 0.6 is 11.3 Å². The van der Waals surface area contributed by atoms with Crippen molar-refractivity contribution < 1.29 is 0 Å². The second kappa shape index (κ2) is 6.97. The lowest BCUT2D eigenvalue weighted by Gasteiger charge is -2.16. The molecule has 0 spiro atoms. The molecule has 0 atom stereocenters. The van der Waals surface area contributed by atoms with E-state index in [1.165, 1.54) is 11.3 Å². The molecule has 0 bridgehead atoms. The highest BCUT2D eigenvalue weighted by Gasteiger charge is 2.07. The van der Waals surface area contributed by atoms with Crippen LogP contribution in [0.4, 0.5) is 5.13 Å². The molecule has 1 aromatic rings. The predicted molar refractivity (Wildman–Crippen MR) is 76.8 cm³/mol. The predicted octanol–water partition coefficient (Wildman–Crippen LogP) is 3.12. The van der Waals surface area contributed by atoms with Crippen LogP contribution in [-0.2, 0) is 6.54 Å². The van der Waals surface area contributed by atoms with Gasteiger partial charge in [-0.05, 0) is 12.3 Å². The summed E-state index contributed by atoms with van der Waals surface area (Å²) in [5.41, 5.74) is 0. The number of anilines is 1. The minimum Gasteiger partial charge on any atom is -0.351 e. The topological polar surface area (TPSA) is 28.2 Å². The zero-order valence-corrected chi connectivity index (χ0v) is 12.5. The smallest absolute Gasteiger partial charge is 0.185 e. The number of hydrogen-bond donors (Lipinski definition) is 1. The first-order valence-electron chi connectivity index (χ1n) is 6.38. The number of hydrogen-bond acceptors (Lipinski definition) is 4. The molecule has 0 aromatic carbocycles. The van der Waals surface area contributed by atoms with Crippen molar-refractivity contribution in [3.63, 3.8) is 0 Å². The molecule has 4 heteroatoms. The van der Waals surface area contributed by atoms with E-state index in [0.29, 0.717) is 6.04 Å². The highest BCUT2D eigenvalue weighted by molar-refractivity contribution is 7.15. The number of thiazole rings is 1. The maximum absolute atomic E-state index is 4.48. The van der Waals surface area contributed by atoms with Crippen LogP contribution in [0.1, 0.15) is 39.0 Å². The Morgan fingerprint density at radius 1 is 1.35 bits per heavy atom. The second-order valence-electron chi connectivity index (χ2n) is 5.25. The van der Waals surface area contributed by atoms with Crippen molar-refractivity contribution in [3.8, 4) is 0 Å². The van der Waals surface area contributed by atoms with Gasteiger partial charge in [0.15, 0.2) is 5.13 Å². The molecular formula is C13H25N3S. The summed E-state index contributed by atoms with van der Waals surface area (Å²) in [7, 11) is 2.13. The number of nitrogens with zero attached hydrogens (tertiary/aromatic N) is 2. The normalized spacial score (nSPS) is 11.5. The van der Waals surface area contributed by atoms with Crippen LogP contribution in [0.5, 0.6) is 0 Å². The van der Waals surface area contributed by atoms with E-state index in [2.05, 4.69) is 49.9 Å². The highest BCUT2D eigenvalue weighted by Crippen LogP contribution is 2.22. The molecule has 0 saturated heterocycles. The standard InChI is InChI=1S/C13H25N3S/c1-10(2)6-7-16(5)13-15-9-12(17-13)8-14-11(3)4/h9-11,14H,6-8H2,1-5H3. The van der Waals surface area contributed by atoms with Gasteiger partial charge in [-0.3, -0.25) is 0 Å². The van der Waals surface area contributed by atoms with Gasteiger partial charge in [-0.1, -0.05) is 27.7 Å². The van der Waals surface area contributed by atoms with Gasteiger partial charge in [-0.2, -0.15) is 0 Å². The Bertz CT molecular complexity index is 320. The van der Waals surface area contributed by atoms with E-state index in [1.54, 1.807) is 11.3 Å². The van der Waals surface area contributed by atoms with E-state index in [4.69, 9.17) is 0 Å². The molecule has 1 N–H and O–H groups in total. The summed E-state index contributed by atoms with van der Waals surface area (Å²) < 4.78 is 0. The van der Waals surface area contributed by atoms with Crippen molar-refractivity contribution in [1.82, 2.24) is 10.3 Å². The Labute approximate surface area is 109 Å². The van der Waals surface area contributed by atoms with Crippen molar-refractivity contribution in [2.75, 3.05) is 18.5 Å². The molecule has 17 heavy (non-hydrogen) atoms. The molecule has 98 valence electrons. The van der Waals surface area contributed by atoms with Crippen LogP contribution in [0, 0.1) is 5.92 Å². The second-order valence-corrected chi connectivity index (χ2v) is 6.34. The fourth-order valence-electron chi connectivity index (χ4n) is 1.41. The first-order valence-corrected chi connectivity index (χ1v) is 7.20. The number of nitrogens with one attached hydrogen (secondary N) is 1.